The number of anilines is 1. The molecule has 0 bridgehead atoms. The number of fused-ring (bicyclic) bond motifs is 1. The second-order valence-electron chi connectivity index (χ2n) is 8.25. The number of carbonyl (C=O) groups excluding carboxylic acids is 1. The summed E-state index contributed by atoms with van der Waals surface area (Å²) < 4.78 is 39.1. The smallest absolute Gasteiger partial charge is 0.870 e. The summed E-state index contributed by atoms with van der Waals surface area (Å²) in [5.41, 5.74) is 0.241. The number of benzene rings is 4. The molecule has 202 valence electrons. The first-order chi connectivity index (χ1) is 18.5. The fraction of sp³-hybridized carbons (Fsp3) is 0.148. The van der Waals surface area contributed by atoms with E-state index >= 15 is 0 Å². The van der Waals surface area contributed by atoms with Gasteiger partial charge >= 0.3 is 29.6 Å². The van der Waals surface area contributed by atoms with Gasteiger partial charge in [0.25, 0.3) is 16.0 Å². The van der Waals surface area contributed by atoms with Crippen LogP contribution >= 0.6 is 23.2 Å². The molecule has 2 N–H and O–H groups in total. The van der Waals surface area contributed by atoms with Crippen LogP contribution in [0.1, 0.15) is 29.8 Å². The Morgan fingerprint density at radius 1 is 1.05 bits per heavy atom. The van der Waals surface area contributed by atoms with Gasteiger partial charge in [-0.25, -0.2) is 0 Å². The van der Waals surface area contributed by atoms with E-state index in [4.69, 9.17) is 27.9 Å². The standard InChI is InChI=1S/C27H23Cl2N3O6S.Na/c1-3-17-21(12-10-20(29)26(17)39(35,36)37)31-32-24-18-8-6-5-7-15(18)13-19(25(24)33)27(34)30-22-11-9-16(28)14-23(22)38-4-2;/h5-14,33H,3-4H2,1-2H3,(H,30,34)(H,35,36,37);/q;+1/p-1. The van der Waals surface area contributed by atoms with Crippen LogP contribution in [-0.4, -0.2) is 25.5 Å². The summed E-state index contributed by atoms with van der Waals surface area (Å²) >= 11 is 12.1. The maximum Gasteiger partial charge on any atom is 1.00 e. The molecule has 0 radical (unpaired) electrons. The number of ether oxygens (including phenoxy) is 1. The number of carbonyl (C=O) groups is 1. The summed E-state index contributed by atoms with van der Waals surface area (Å²) in [5, 5.41) is 25.7. The molecule has 13 heteroatoms. The molecule has 4 rings (SSSR count). The number of amides is 1. The van der Waals surface area contributed by atoms with E-state index < -0.39 is 26.7 Å². The Bertz CT molecular complexity index is 1730. The van der Waals surface area contributed by atoms with Crippen LogP contribution in [0.4, 0.5) is 17.1 Å². The maximum atomic E-state index is 13.5. The van der Waals surface area contributed by atoms with Crippen molar-refractivity contribution in [3.8, 4) is 11.5 Å². The van der Waals surface area contributed by atoms with Gasteiger partial charge in [-0.05, 0) is 49.1 Å². The monoisotopic (exact) mass is 609 g/mol. The van der Waals surface area contributed by atoms with Gasteiger partial charge < -0.3 is 15.2 Å². The van der Waals surface area contributed by atoms with Crippen molar-refractivity contribution in [3.63, 3.8) is 0 Å². The number of halogens is 2. The molecule has 0 saturated carbocycles. The van der Waals surface area contributed by atoms with E-state index in [9.17, 15) is 22.9 Å². The number of nitrogens with one attached hydrogen (secondary N) is 1. The van der Waals surface area contributed by atoms with Gasteiger partial charge in [-0.2, -0.15) is 18.6 Å². The van der Waals surface area contributed by atoms with E-state index in [0.29, 0.717) is 33.8 Å². The molecule has 9 nitrogen and oxygen atoms in total. The van der Waals surface area contributed by atoms with Gasteiger partial charge in [0, 0.05) is 27.6 Å². The van der Waals surface area contributed by atoms with Crippen LogP contribution in [0.3, 0.4) is 0 Å². The molecule has 0 aliphatic heterocycles. The van der Waals surface area contributed by atoms with Crippen molar-refractivity contribution >= 4 is 67.1 Å². The summed E-state index contributed by atoms with van der Waals surface area (Å²) in [7, 11) is -4.65. The first kappa shape index (κ1) is 31.8. The molecular weight excluding hydrogens is 588 g/mol. The second-order valence-corrected chi connectivity index (χ2v) is 10.5. The number of hydrogen-bond donors (Lipinski definition) is 2. The van der Waals surface area contributed by atoms with Crippen LogP contribution in [0.15, 0.2) is 75.8 Å². The van der Waals surface area contributed by atoms with Gasteiger partial charge in [-0.15, -0.1) is 0 Å². The van der Waals surface area contributed by atoms with Crippen molar-refractivity contribution in [1.29, 1.82) is 0 Å². The molecule has 1 amide bonds. The van der Waals surface area contributed by atoms with Crippen molar-refractivity contribution in [2.45, 2.75) is 25.2 Å². The Morgan fingerprint density at radius 3 is 2.45 bits per heavy atom. The Kier molecular flexibility index (Phi) is 10.6. The van der Waals surface area contributed by atoms with Crippen molar-refractivity contribution < 1.29 is 57.2 Å². The zero-order valence-corrected chi connectivity index (χ0v) is 26.1. The summed E-state index contributed by atoms with van der Waals surface area (Å²) in [6.45, 7) is 3.78. The van der Waals surface area contributed by atoms with Crippen molar-refractivity contribution in [2.75, 3.05) is 11.9 Å². The molecule has 0 aliphatic rings. The van der Waals surface area contributed by atoms with Crippen molar-refractivity contribution in [1.82, 2.24) is 0 Å². The van der Waals surface area contributed by atoms with Crippen LogP contribution in [0.5, 0.6) is 11.5 Å². The predicted molar refractivity (Wildman–Crippen MR) is 149 cm³/mol. The molecule has 0 spiro atoms. The third kappa shape index (κ3) is 6.77. The van der Waals surface area contributed by atoms with Crippen LogP contribution in [0.25, 0.3) is 10.8 Å². The van der Waals surface area contributed by atoms with E-state index in [0.717, 1.165) is 0 Å². The quantitative estimate of drug-likeness (QED) is 0.175. The summed E-state index contributed by atoms with van der Waals surface area (Å²) in [6, 6.07) is 15.7. The minimum Gasteiger partial charge on any atom is -0.870 e. The van der Waals surface area contributed by atoms with Crippen LogP contribution in [0, 0.1) is 0 Å². The van der Waals surface area contributed by atoms with Crippen LogP contribution in [-0.2, 0) is 16.5 Å². The van der Waals surface area contributed by atoms with Gasteiger partial charge in [0.15, 0.2) is 0 Å². The molecule has 0 unspecified atom stereocenters. The van der Waals surface area contributed by atoms with Gasteiger partial charge in [0.1, 0.15) is 10.6 Å². The first-order valence-electron chi connectivity index (χ1n) is 11.7. The Labute approximate surface area is 263 Å². The predicted octanol–water partition coefficient (Wildman–Crippen LogP) is 4.10. The average molecular weight is 610 g/mol. The van der Waals surface area contributed by atoms with Gasteiger partial charge in [0.05, 0.1) is 28.7 Å². The molecule has 0 aromatic heterocycles. The third-order valence-corrected chi connectivity index (χ3v) is 7.41. The largest absolute Gasteiger partial charge is 1.00 e. The fourth-order valence-corrected chi connectivity index (χ4v) is 5.55. The molecule has 0 saturated heterocycles. The fourth-order valence-electron chi connectivity index (χ4n) is 4.05. The molecule has 0 atom stereocenters. The molecule has 0 aliphatic carbocycles. The number of hydrogen-bond acceptors (Lipinski definition) is 7. The third-order valence-electron chi connectivity index (χ3n) is 5.77. The number of nitrogens with zero attached hydrogens (tertiary/aromatic N) is 2. The molecule has 4 aromatic carbocycles. The minimum absolute atomic E-state index is 0. The number of rotatable bonds is 8. The van der Waals surface area contributed by atoms with Crippen LogP contribution < -0.4 is 44.7 Å². The Hall–Kier alpha value is -2.70. The SMILES string of the molecule is CCOc1cc(Cl)ccc1NC(=O)c1cc2ccccc2c(N=Nc2ccc(Cl)c(S(=O)(=O)O)c2CC)c1[O-].[Na+]. The van der Waals surface area contributed by atoms with Crippen molar-refractivity contribution in [3.05, 3.63) is 81.8 Å². The van der Waals surface area contributed by atoms with E-state index in [1.54, 1.807) is 56.3 Å². The summed E-state index contributed by atoms with van der Waals surface area (Å²) in [5.74, 6) is -1.04. The Morgan fingerprint density at radius 2 is 1.77 bits per heavy atom. The normalized spacial score (nSPS) is 11.4. The summed E-state index contributed by atoms with van der Waals surface area (Å²) in [6.07, 6.45) is 0.153. The van der Waals surface area contributed by atoms with E-state index in [2.05, 4.69) is 15.5 Å². The average Bonchev–Trinajstić information content (AvgIpc) is 2.89. The van der Waals surface area contributed by atoms with Crippen molar-refractivity contribution in [2.24, 2.45) is 10.2 Å². The zero-order valence-electron chi connectivity index (χ0n) is 21.7. The maximum absolute atomic E-state index is 13.5. The number of azo groups is 1. The molecule has 0 heterocycles. The van der Waals surface area contributed by atoms with Gasteiger partial charge in [0.2, 0.25) is 0 Å². The topological polar surface area (TPSA) is 140 Å². The zero-order chi connectivity index (χ0) is 28.3. The first-order valence-corrected chi connectivity index (χ1v) is 13.9. The Balaban J connectivity index is 0.00000441. The van der Waals surface area contributed by atoms with E-state index in [-0.39, 0.29) is 63.5 Å². The molecule has 0 fully saturated rings. The van der Waals surface area contributed by atoms with Gasteiger partial charge in [-0.3, -0.25) is 9.35 Å². The summed E-state index contributed by atoms with van der Waals surface area (Å²) in [4.78, 5) is 12.8. The minimum atomic E-state index is -4.65. The molecule has 40 heavy (non-hydrogen) atoms. The second kappa shape index (κ2) is 13.3. The molecule has 4 aromatic rings. The van der Waals surface area contributed by atoms with Crippen LogP contribution in [0.2, 0.25) is 10.0 Å². The molecular formula is C27H22Cl2N3NaO6S. The van der Waals surface area contributed by atoms with E-state index in [1.165, 1.54) is 18.2 Å². The van der Waals surface area contributed by atoms with E-state index in [1.807, 2.05) is 0 Å². The van der Waals surface area contributed by atoms with Gasteiger partial charge in [-0.1, -0.05) is 60.1 Å².